The van der Waals surface area contributed by atoms with E-state index in [0.717, 1.165) is 10.8 Å². The van der Waals surface area contributed by atoms with Crippen molar-refractivity contribution in [3.8, 4) is 5.75 Å². The third-order valence-electron chi connectivity index (χ3n) is 3.30. The van der Waals surface area contributed by atoms with Gasteiger partial charge in [0.1, 0.15) is 0 Å². The first-order valence-corrected chi connectivity index (χ1v) is 5.98. The van der Waals surface area contributed by atoms with Crippen molar-refractivity contribution in [3.63, 3.8) is 0 Å². The zero-order chi connectivity index (χ0) is 14.1. The van der Waals surface area contributed by atoms with Gasteiger partial charge < -0.3 is 10.6 Å². The average Bonchev–Trinajstić information content (AvgIpc) is 2.59. The lowest BCUT2D eigenvalue weighted by Gasteiger charge is -1.93. The minimum atomic E-state index is -0.368. The molecule has 0 amide bonds. The summed E-state index contributed by atoms with van der Waals surface area (Å²) in [7, 11) is 0. The molecular formula is C15H9N4O+. The predicted octanol–water partition coefficient (Wildman–Crippen LogP) is 3.31. The van der Waals surface area contributed by atoms with Gasteiger partial charge in [-0.3, -0.25) is 0 Å². The van der Waals surface area contributed by atoms with Crippen LogP contribution in [-0.4, -0.2) is 9.90 Å². The SMILES string of the molecule is N#[N+]c1c(O)c(=[N+]=[N-])c2ccccc2c2ccccc12. The summed E-state index contributed by atoms with van der Waals surface area (Å²) < 4.78 is 0. The molecule has 3 aromatic rings. The van der Waals surface area contributed by atoms with Crippen molar-refractivity contribution in [2.24, 2.45) is 0 Å². The fraction of sp³-hybridized carbons (Fsp3) is 0. The molecule has 0 heterocycles. The van der Waals surface area contributed by atoms with E-state index in [-0.39, 0.29) is 16.8 Å². The van der Waals surface area contributed by atoms with Crippen LogP contribution >= 0.6 is 0 Å². The van der Waals surface area contributed by atoms with Crippen molar-refractivity contribution >= 4 is 27.2 Å². The molecule has 0 fully saturated rings. The molecule has 0 bridgehead atoms. The second kappa shape index (κ2) is 4.47. The van der Waals surface area contributed by atoms with Gasteiger partial charge in [-0.25, -0.2) is 0 Å². The highest BCUT2D eigenvalue weighted by atomic mass is 16.3. The number of diazo groups is 1. The Hall–Kier alpha value is -3.22. The second-order valence-corrected chi connectivity index (χ2v) is 4.34. The standard InChI is InChI=1S/C15H8N4O/c16-18-13-11-7-3-1-5-9(11)10-6-2-4-8-12(10)14(19-17)15(13)20/h1-8H/p+1. The molecule has 0 saturated heterocycles. The monoisotopic (exact) mass is 261 g/mol. The molecule has 20 heavy (non-hydrogen) atoms. The van der Waals surface area contributed by atoms with Gasteiger partial charge >= 0.3 is 16.8 Å². The summed E-state index contributed by atoms with van der Waals surface area (Å²) in [5.74, 6) is -0.368. The molecule has 0 aromatic heterocycles. The van der Waals surface area contributed by atoms with Gasteiger partial charge in [0.2, 0.25) is 5.39 Å². The first-order valence-electron chi connectivity index (χ1n) is 5.98. The fourth-order valence-corrected chi connectivity index (χ4v) is 2.42. The molecule has 3 aromatic carbocycles. The molecule has 5 heteroatoms. The molecule has 94 valence electrons. The Bertz CT molecular complexity index is 982. The molecule has 0 aliphatic heterocycles. The fourth-order valence-electron chi connectivity index (χ4n) is 2.42. The van der Waals surface area contributed by atoms with Crippen LogP contribution in [0.5, 0.6) is 5.75 Å². The van der Waals surface area contributed by atoms with Gasteiger partial charge in [-0.2, -0.15) is 4.79 Å². The largest absolute Gasteiger partial charge is 0.496 e. The smallest absolute Gasteiger partial charge is 0.442 e. The molecule has 1 N–H and O–H groups in total. The third kappa shape index (κ3) is 1.53. The normalized spacial score (nSPS) is 10.2. The summed E-state index contributed by atoms with van der Waals surface area (Å²) in [4.78, 5) is 6.30. The van der Waals surface area contributed by atoms with Crippen molar-refractivity contribution in [1.29, 1.82) is 5.39 Å². The zero-order valence-corrected chi connectivity index (χ0v) is 10.4. The van der Waals surface area contributed by atoms with E-state index in [4.69, 9.17) is 0 Å². The minimum absolute atomic E-state index is 0.0235. The van der Waals surface area contributed by atoms with Gasteiger partial charge in [-0.15, -0.1) is 0 Å². The van der Waals surface area contributed by atoms with E-state index in [1.807, 2.05) is 24.3 Å². The van der Waals surface area contributed by atoms with Crippen LogP contribution in [0.2, 0.25) is 0 Å². The maximum atomic E-state index is 10.2. The summed E-state index contributed by atoms with van der Waals surface area (Å²) in [5.41, 5.74) is 9.17. The Balaban J connectivity index is 2.89. The molecule has 0 aliphatic carbocycles. The first-order chi connectivity index (χ1) is 9.77. The average molecular weight is 261 g/mol. The van der Waals surface area contributed by atoms with E-state index in [1.165, 1.54) is 0 Å². The van der Waals surface area contributed by atoms with Gasteiger partial charge in [0, 0.05) is 0 Å². The quantitative estimate of drug-likeness (QED) is 0.382. The summed E-state index contributed by atoms with van der Waals surface area (Å²) in [6, 6.07) is 14.4. The van der Waals surface area contributed by atoms with E-state index in [9.17, 15) is 16.0 Å². The molecule has 0 saturated carbocycles. The number of fused-ring (bicyclic) bond motifs is 3. The van der Waals surface area contributed by atoms with Crippen LogP contribution in [0.15, 0.2) is 48.5 Å². The lowest BCUT2D eigenvalue weighted by molar-refractivity contribution is -0.0653. The van der Waals surface area contributed by atoms with Gasteiger partial charge in [0.05, 0.1) is 10.8 Å². The van der Waals surface area contributed by atoms with Crippen LogP contribution in [0, 0.1) is 5.39 Å². The number of nitrogens with zero attached hydrogens (tertiary/aromatic N) is 4. The highest BCUT2D eigenvalue weighted by molar-refractivity contribution is 6.11. The topological polar surface area (TPSA) is 84.8 Å². The summed E-state index contributed by atoms with van der Waals surface area (Å²) in [6.45, 7) is 0. The number of aromatic hydroxyl groups is 1. The third-order valence-corrected chi connectivity index (χ3v) is 3.30. The van der Waals surface area contributed by atoms with Gasteiger partial charge in [0.15, 0.2) is 4.98 Å². The summed E-state index contributed by atoms with van der Waals surface area (Å²) >= 11 is 0. The molecular weight excluding hydrogens is 252 g/mol. The molecule has 0 aliphatic rings. The summed E-state index contributed by atoms with van der Waals surface area (Å²) in [5, 5.41) is 22.1. The lowest BCUT2D eigenvalue weighted by atomic mass is 10.1. The Morgan fingerprint density at radius 2 is 1.35 bits per heavy atom. The highest BCUT2D eigenvalue weighted by Gasteiger charge is 2.25. The molecule has 0 atom stereocenters. The number of rotatable bonds is 0. The van der Waals surface area contributed by atoms with Gasteiger partial charge in [0.25, 0.3) is 0 Å². The van der Waals surface area contributed by atoms with Crippen molar-refractivity contribution < 1.29 is 9.90 Å². The van der Waals surface area contributed by atoms with Crippen LogP contribution in [0.4, 0.5) is 5.69 Å². The van der Waals surface area contributed by atoms with E-state index in [0.29, 0.717) is 10.8 Å². The Morgan fingerprint density at radius 1 is 0.850 bits per heavy atom. The Kier molecular flexibility index (Phi) is 2.65. The number of hydrogen-bond donors (Lipinski definition) is 1. The lowest BCUT2D eigenvalue weighted by Crippen LogP contribution is -2.01. The second-order valence-electron chi connectivity index (χ2n) is 4.34. The van der Waals surface area contributed by atoms with Gasteiger partial charge in [-0.1, -0.05) is 36.4 Å². The van der Waals surface area contributed by atoms with Crippen molar-refractivity contribution in [2.75, 3.05) is 0 Å². The highest BCUT2D eigenvalue weighted by Crippen LogP contribution is 2.34. The van der Waals surface area contributed by atoms with E-state index < -0.39 is 0 Å². The summed E-state index contributed by atoms with van der Waals surface area (Å²) in [6.07, 6.45) is 0. The van der Waals surface area contributed by atoms with Crippen LogP contribution in [0.25, 0.3) is 32.1 Å². The Labute approximate surface area is 113 Å². The minimum Gasteiger partial charge on any atom is -0.496 e. The van der Waals surface area contributed by atoms with Gasteiger partial charge in [-0.05, 0) is 22.9 Å². The van der Waals surface area contributed by atoms with Crippen LogP contribution in [-0.2, 0) is 0 Å². The zero-order valence-electron chi connectivity index (χ0n) is 10.4. The Morgan fingerprint density at radius 3 is 1.90 bits per heavy atom. The van der Waals surface area contributed by atoms with Crippen molar-refractivity contribution in [1.82, 2.24) is 0 Å². The maximum absolute atomic E-state index is 10.2. The molecule has 0 radical (unpaired) electrons. The first kappa shape index (κ1) is 11.8. The van der Waals surface area contributed by atoms with E-state index in [1.54, 1.807) is 24.3 Å². The van der Waals surface area contributed by atoms with Crippen LogP contribution in [0.1, 0.15) is 0 Å². The number of benzene rings is 2. The molecule has 0 spiro atoms. The van der Waals surface area contributed by atoms with E-state index in [2.05, 4.69) is 9.77 Å². The van der Waals surface area contributed by atoms with Crippen molar-refractivity contribution in [2.45, 2.75) is 0 Å². The van der Waals surface area contributed by atoms with Crippen molar-refractivity contribution in [3.05, 3.63) is 64.4 Å². The molecule has 3 rings (SSSR count). The van der Waals surface area contributed by atoms with Crippen LogP contribution < -0.4 is 5.36 Å². The predicted molar refractivity (Wildman–Crippen MR) is 74.6 cm³/mol. The maximum Gasteiger partial charge on any atom is 0.442 e. The number of hydrogen-bond acceptors (Lipinski definition) is 2. The van der Waals surface area contributed by atoms with E-state index >= 15 is 0 Å². The van der Waals surface area contributed by atoms with Crippen LogP contribution in [0.3, 0.4) is 0 Å². The molecule has 5 nitrogen and oxygen atoms in total. The molecule has 0 unspecified atom stereocenters.